The zero-order valence-electron chi connectivity index (χ0n) is 14.4. The van der Waals surface area contributed by atoms with Gasteiger partial charge in [-0.15, -0.1) is 0 Å². The van der Waals surface area contributed by atoms with Crippen LogP contribution in [0.5, 0.6) is 11.5 Å². The van der Waals surface area contributed by atoms with E-state index in [4.69, 9.17) is 13.9 Å². The molecular weight excluding hydrogens is 398 g/mol. The fraction of sp³-hybridized carbons (Fsp3) is 0.150. The van der Waals surface area contributed by atoms with E-state index in [9.17, 15) is 4.79 Å². The van der Waals surface area contributed by atoms with Gasteiger partial charge in [-0.05, 0) is 52.3 Å². The Morgan fingerprint density at radius 1 is 1.04 bits per heavy atom. The number of furan rings is 1. The Bertz CT molecular complexity index is 853. The normalized spacial score (nSPS) is 10.4. The molecule has 1 heterocycles. The monoisotopic (exact) mass is 415 g/mol. The van der Waals surface area contributed by atoms with Gasteiger partial charge in [0.2, 0.25) is 0 Å². The van der Waals surface area contributed by atoms with Crippen LogP contribution in [0, 0.1) is 0 Å². The smallest absolute Gasteiger partial charge is 0.258 e. The predicted molar refractivity (Wildman–Crippen MR) is 103 cm³/mol. The Kier molecular flexibility index (Phi) is 5.63. The number of carbonyl (C=O) groups is 1. The van der Waals surface area contributed by atoms with Gasteiger partial charge in [0.25, 0.3) is 5.91 Å². The number of halogens is 1. The molecule has 0 atom stereocenters. The molecule has 0 radical (unpaired) electrons. The van der Waals surface area contributed by atoms with Crippen LogP contribution in [0.4, 0.5) is 5.69 Å². The Balaban J connectivity index is 2.02. The van der Waals surface area contributed by atoms with Gasteiger partial charge < -0.3 is 18.8 Å². The van der Waals surface area contributed by atoms with Crippen LogP contribution in [0.2, 0.25) is 0 Å². The van der Waals surface area contributed by atoms with Gasteiger partial charge in [0.15, 0.2) is 0 Å². The molecule has 0 aliphatic heterocycles. The van der Waals surface area contributed by atoms with Crippen molar-refractivity contribution in [2.24, 2.45) is 0 Å². The van der Waals surface area contributed by atoms with E-state index in [1.54, 1.807) is 43.6 Å². The molecule has 0 fully saturated rings. The highest BCUT2D eigenvalue weighted by Crippen LogP contribution is 2.36. The van der Waals surface area contributed by atoms with Crippen molar-refractivity contribution in [1.82, 2.24) is 0 Å². The summed E-state index contributed by atoms with van der Waals surface area (Å²) in [6.07, 6.45) is 1.59. The van der Waals surface area contributed by atoms with Crippen molar-refractivity contribution in [3.05, 3.63) is 76.7 Å². The molecule has 0 bridgehead atoms. The molecule has 0 N–H and O–H groups in total. The largest absolute Gasteiger partial charge is 0.495 e. The Morgan fingerprint density at radius 3 is 2.23 bits per heavy atom. The van der Waals surface area contributed by atoms with Gasteiger partial charge in [0.05, 0.1) is 27.0 Å². The van der Waals surface area contributed by atoms with E-state index in [-0.39, 0.29) is 5.91 Å². The van der Waals surface area contributed by atoms with Crippen molar-refractivity contribution in [3.8, 4) is 11.5 Å². The van der Waals surface area contributed by atoms with Crippen LogP contribution in [0.15, 0.2) is 69.8 Å². The van der Waals surface area contributed by atoms with E-state index < -0.39 is 0 Å². The number of amides is 1. The molecule has 6 heteroatoms. The summed E-state index contributed by atoms with van der Waals surface area (Å²) in [5, 5.41) is 0. The number of methoxy groups -OCH3 is 2. The van der Waals surface area contributed by atoms with Crippen LogP contribution in [0.25, 0.3) is 0 Å². The zero-order chi connectivity index (χ0) is 18.5. The van der Waals surface area contributed by atoms with E-state index in [0.29, 0.717) is 33.8 Å². The number of benzene rings is 2. The summed E-state index contributed by atoms with van der Waals surface area (Å²) in [4.78, 5) is 14.9. The molecule has 0 saturated carbocycles. The fourth-order valence-corrected chi connectivity index (χ4v) is 3.15. The number of rotatable bonds is 6. The van der Waals surface area contributed by atoms with Gasteiger partial charge in [-0.3, -0.25) is 4.79 Å². The highest BCUT2D eigenvalue weighted by atomic mass is 79.9. The van der Waals surface area contributed by atoms with Gasteiger partial charge in [-0.1, -0.05) is 18.2 Å². The lowest BCUT2D eigenvalue weighted by Crippen LogP contribution is -2.30. The van der Waals surface area contributed by atoms with Crippen LogP contribution >= 0.6 is 15.9 Å². The van der Waals surface area contributed by atoms with Crippen LogP contribution < -0.4 is 14.4 Å². The van der Waals surface area contributed by atoms with Crippen molar-refractivity contribution >= 4 is 27.5 Å². The van der Waals surface area contributed by atoms with Crippen LogP contribution in [-0.4, -0.2) is 20.1 Å². The van der Waals surface area contributed by atoms with Crippen molar-refractivity contribution in [3.63, 3.8) is 0 Å². The van der Waals surface area contributed by atoms with E-state index in [0.717, 1.165) is 5.69 Å². The molecule has 1 amide bonds. The Morgan fingerprint density at radius 2 is 1.69 bits per heavy atom. The SMILES string of the molecule is COc1cc(C(=O)N(Cc2ccco2)c2ccccc2)cc(OC)c1Br. The van der Waals surface area contributed by atoms with Gasteiger partial charge >= 0.3 is 0 Å². The molecule has 1 aromatic heterocycles. The summed E-state index contributed by atoms with van der Waals surface area (Å²) in [6, 6.07) is 16.5. The number of ether oxygens (including phenoxy) is 2. The highest BCUT2D eigenvalue weighted by Gasteiger charge is 2.22. The summed E-state index contributed by atoms with van der Waals surface area (Å²) in [6.45, 7) is 0.316. The van der Waals surface area contributed by atoms with Gasteiger partial charge in [0.1, 0.15) is 21.7 Å². The Labute approximate surface area is 160 Å². The predicted octanol–water partition coefficient (Wildman–Crippen LogP) is 4.91. The number of anilines is 1. The van der Waals surface area contributed by atoms with Crippen molar-refractivity contribution in [2.75, 3.05) is 19.1 Å². The third-order valence-corrected chi connectivity index (χ3v) is 4.68. The summed E-state index contributed by atoms with van der Waals surface area (Å²) >= 11 is 3.43. The lowest BCUT2D eigenvalue weighted by atomic mass is 10.1. The van der Waals surface area contributed by atoms with Crippen molar-refractivity contribution < 1.29 is 18.7 Å². The number of hydrogen-bond acceptors (Lipinski definition) is 4. The lowest BCUT2D eigenvalue weighted by molar-refractivity contribution is 0.0982. The number of hydrogen-bond donors (Lipinski definition) is 0. The summed E-state index contributed by atoms with van der Waals surface area (Å²) in [5.41, 5.74) is 1.23. The fourth-order valence-electron chi connectivity index (χ4n) is 2.60. The number of nitrogens with zero attached hydrogens (tertiary/aromatic N) is 1. The van der Waals surface area contributed by atoms with Gasteiger partial charge in [0, 0.05) is 11.3 Å². The molecule has 2 aromatic carbocycles. The lowest BCUT2D eigenvalue weighted by Gasteiger charge is -2.23. The first-order valence-electron chi connectivity index (χ1n) is 7.95. The quantitative estimate of drug-likeness (QED) is 0.573. The average Bonchev–Trinajstić information content (AvgIpc) is 3.19. The summed E-state index contributed by atoms with van der Waals surface area (Å²) < 4.78 is 16.8. The average molecular weight is 416 g/mol. The molecule has 0 aliphatic carbocycles. The number of para-hydroxylation sites is 1. The summed E-state index contributed by atoms with van der Waals surface area (Å²) in [7, 11) is 3.09. The van der Waals surface area contributed by atoms with Crippen molar-refractivity contribution in [1.29, 1.82) is 0 Å². The maximum absolute atomic E-state index is 13.3. The zero-order valence-corrected chi connectivity index (χ0v) is 16.0. The summed E-state index contributed by atoms with van der Waals surface area (Å²) in [5.74, 6) is 1.56. The van der Waals surface area contributed by atoms with Gasteiger partial charge in [-0.2, -0.15) is 0 Å². The van der Waals surface area contributed by atoms with E-state index in [2.05, 4.69) is 15.9 Å². The molecule has 0 unspecified atom stereocenters. The molecule has 3 rings (SSSR count). The minimum atomic E-state index is -0.184. The standard InChI is InChI=1S/C20H18BrNO4/c1-24-17-11-14(12-18(25-2)19(17)21)20(23)22(13-16-9-6-10-26-16)15-7-4-3-5-8-15/h3-12H,13H2,1-2H3. The molecule has 0 spiro atoms. The van der Waals surface area contributed by atoms with Crippen LogP contribution in [0.3, 0.4) is 0 Å². The maximum Gasteiger partial charge on any atom is 0.258 e. The van der Waals surface area contributed by atoms with Crippen molar-refractivity contribution in [2.45, 2.75) is 6.54 Å². The second kappa shape index (κ2) is 8.10. The molecule has 134 valence electrons. The number of carbonyl (C=O) groups excluding carboxylic acids is 1. The topological polar surface area (TPSA) is 51.9 Å². The Hall–Kier alpha value is -2.73. The third kappa shape index (κ3) is 3.75. The maximum atomic E-state index is 13.3. The molecule has 0 saturated heterocycles. The highest BCUT2D eigenvalue weighted by molar-refractivity contribution is 9.10. The van der Waals surface area contributed by atoms with Crippen LogP contribution in [-0.2, 0) is 6.54 Å². The second-order valence-corrected chi connectivity index (χ2v) is 6.29. The van der Waals surface area contributed by atoms with E-state index >= 15 is 0 Å². The minimum absolute atomic E-state index is 0.184. The van der Waals surface area contributed by atoms with Gasteiger partial charge in [-0.25, -0.2) is 0 Å². The molecule has 3 aromatic rings. The molecule has 5 nitrogen and oxygen atoms in total. The van der Waals surface area contributed by atoms with Crippen LogP contribution in [0.1, 0.15) is 16.1 Å². The van der Waals surface area contributed by atoms with E-state index in [1.807, 2.05) is 36.4 Å². The first kappa shape index (κ1) is 18.1. The molecule has 0 aliphatic rings. The second-order valence-electron chi connectivity index (χ2n) is 5.50. The third-order valence-electron chi connectivity index (χ3n) is 3.90. The van der Waals surface area contributed by atoms with E-state index in [1.165, 1.54) is 0 Å². The first-order chi connectivity index (χ1) is 12.6. The molecule has 26 heavy (non-hydrogen) atoms. The minimum Gasteiger partial charge on any atom is -0.495 e. The molecular formula is C20H18BrNO4. The first-order valence-corrected chi connectivity index (χ1v) is 8.74.